The molecule has 2 aliphatic heterocycles. The van der Waals surface area contributed by atoms with E-state index in [1.807, 2.05) is 41.5 Å². The third-order valence-corrected chi connectivity index (χ3v) is 16.0. The van der Waals surface area contributed by atoms with Crippen molar-refractivity contribution in [2.45, 2.75) is 188 Å². The molecule has 460 valence electrons. The van der Waals surface area contributed by atoms with E-state index >= 15 is 4.79 Å². The molecule has 10 amide bonds. The number of nitrogens with one attached hydrogen (secondary N) is 4. The second-order valence-electron chi connectivity index (χ2n) is 24.5. The van der Waals surface area contributed by atoms with Crippen LogP contribution in [0.2, 0.25) is 0 Å². The van der Waals surface area contributed by atoms with Gasteiger partial charge < -0.3 is 55.8 Å². The first kappa shape index (κ1) is 68.6. The first-order chi connectivity index (χ1) is 39.0. The van der Waals surface area contributed by atoms with Crippen LogP contribution >= 0.6 is 0 Å². The zero-order valence-electron chi connectivity index (χ0n) is 51.8. The lowest BCUT2D eigenvalue weighted by atomic mass is 9.96. The van der Waals surface area contributed by atoms with Crippen molar-refractivity contribution < 1.29 is 53.1 Å². The highest BCUT2D eigenvalue weighted by Gasteiger charge is 2.43. The fourth-order valence-electron chi connectivity index (χ4n) is 10.8. The number of piperidine rings is 1. The van der Waals surface area contributed by atoms with Gasteiger partial charge in [-0.05, 0) is 87.2 Å². The zero-order valence-corrected chi connectivity index (χ0v) is 51.8. The molecular formula is C62H96N10O11. The van der Waals surface area contributed by atoms with Gasteiger partial charge in [0.05, 0.1) is 12.5 Å². The minimum Gasteiger partial charge on any atom is -0.391 e. The van der Waals surface area contributed by atoms with Crippen LogP contribution in [0.5, 0.6) is 0 Å². The topological polar surface area (TPSA) is 258 Å². The predicted molar refractivity (Wildman–Crippen MR) is 316 cm³/mol. The van der Waals surface area contributed by atoms with E-state index in [0.717, 1.165) is 11.3 Å². The lowest BCUT2D eigenvalue weighted by Gasteiger charge is -2.38. The Morgan fingerprint density at radius 2 is 0.928 bits per heavy atom. The number of hydrogen-bond acceptors (Lipinski definition) is 11. The molecule has 2 aliphatic rings. The summed E-state index contributed by atoms with van der Waals surface area (Å²) in [7, 11) is 7.06. The fourth-order valence-corrected chi connectivity index (χ4v) is 10.8. The van der Waals surface area contributed by atoms with Gasteiger partial charge in [0.2, 0.25) is 59.1 Å². The fraction of sp³-hybridized carbons (Fsp3) is 0.645. The summed E-state index contributed by atoms with van der Waals surface area (Å²) in [6.07, 6.45) is 0.502. The van der Waals surface area contributed by atoms with Gasteiger partial charge in [-0.3, -0.25) is 47.9 Å². The zero-order chi connectivity index (χ0) is 62.2. The molecule has 0 spiro atoms. The molecule has 2 saturated heterocycles. The number of amides is 10. The summed E-state index contributed by atoms with van der Waals surface area (Å²) < 4.78 is 0. The van der Waals surface area contributed by atoms with Crippen LogP contribution in [-0.4, -0.2) is 202 Å². The van der Waals surface area contributed by atoms with Crippen LogP contribution in [0.3, 0.4) is 0 Å². The van der Waals surface area contributed by atoms with Crippen molar-refractivity contribution in [3.05, 3.63) is 71.8 Å². The minimum atomic E-state index is -1.65. The highest BCUT2D eigenvalue weighted by atomic mass is 16.3. The highest BCUT2D eigenvalue weighted by molar-refractivity contribution is 6.00. The number of likely N-dealkylation sites (tertiary alicyclic amines) is 1. The molecule has 0 aromatic heterocycles. The monoisotopic (exact) mass is 1160 g/mol. The first-order valence-corrected chi connectivity index (χ1v) is 29.5. The van der Waals surface area contributed by atoms with Gasteiger partial charge in [0.1, 0.15) is 54.4 Å². The maximum atomic E-state index is 15.2. The predicted octanol–water partition coefficient (Wildman–Crippen LogP) is 3.16. The van der Waals surface area contributed by atoms with Gasteiger partial charge in [0, 0.05) is 61.2 Å². The molecule has 0 radical (unpaired) electrons. The van der Waals surface area contributed by atoms with E-state index < -0.39 is 132 Å². The Balaban J connectivity index is 1.94. The van der Waals surface area contributed by atoms with Crippen molar-refractivity contribution in [1.82, 2.24) is 50.7 Å². The van der Waals surface area contributed by atoms with Gasteiger partial charge in [0.25, 0.3) is 0 Å². The summed E-state index contributed by atoms with van der Waals surface area (Å²) in [5.41, 5.74) is 1.32. The van der Waals surface area contributed by atoms with Crippen molar-refractivity contribution in [1.29, 1.82) is 0 Å². The molecule has 10 atom stereocenters. The number of nitrogens with zero attached hydrogens (tertiary/aromatic N) is 6. The lowest BCUT2D eigenvalue weighted by molar-refractivity contribution is -0.153. The van der Waals surface area contributed by atoms with E-state index in [2.05, 4.69) is 21.3 Å². The average molecular weight is 1160 g/mol. The van der Waals surface area contributed by atoms with E-state index in [-0.39, 0.29) is 49.9 Å². The number of likely N-dealkylation sites (N-methyl/N-ethyl adjacent to an activating group) is 5. The van der Waals surface area contributed by atoms with Crippen LogP contribution in [0, 0.1) is 23.7 Å². The summed E-state index contributed by atoms with van der Waals surface area (Å²) in [4.78, 5) is 156. The van der Waals surface area contributed by atoms with E-state index in [1.165, 1.54) is 68.7 Å². The molecule has 0 aliphatic carbocycles. The number of aliphatic hydroxyl groups excluding tert-OH is 1. The summed E-state index contributed by atoms with van der Waals surface area (Å²) in [6, 6.07) is 5.99. The van der Waals surface area contributed by atoms with Gasteiger partial charge in [0.15, 0.2) is 0 Å². The van der Waals surface area contributed by atoms with Crippen molar-refractivity contribution in [3.8, 4) is 0 Å². The molecule has 21 nitrogen and oxygen atoms in total. The van der Waals surface area contributed by atoms with Crippen LogP contribution in [0.25, 0.3) is 0 Å². The number of aliphatic hydroxyl groups is 1. The Bertz CT molecular complexity index is 2540. The third kappa shape index (κ3) is 19.1. The molecule has 83 heavy (non-hydrogen) atoms. The molecule has 0 bridgehead atoms. The van der Waals surface area contributed by atoms with Crippen molar-refractivity contribution >= 4 is 59.1 Å². The number of hydrogen-bond donors (Lipinski definition) is 5. The molecule has 0 unspecified atom stereocenters. The molecule has 2 aromatic carbocycles. The largest absolute Gasteiger partial charge is 0.391 e. The van der Waals surface area contributed by atoms with E-state index in [0.29, 0.717) is 37.1 Å². The molecule has 4 rings (SSSR count). The average Bonchev–Trinajstić information content (AvgIpc) is 3.44. The van der Waals surface area contributed by atoms with E-state index in [4.69, 9.17) is 0 Å². The molecular weight excluding hydrogens is 1060 g/mol. The first-order valence-electron chi connectivity index (χ1n) is 29.5. The summed E-state index contributed by atoms with van der Waals surface area (Å²) in [5, 5.41) is 22.5. The van der Waals surface area contributed by atoms with Gasteiger partial charge in [-0.1, -0.05) is 116 Å². The third-order valence-electron chi connectivity index (χ3n) is 16.0. The Hall–Kier alpha value is -6.90. The van der Waals surface area contributed by atoms with Crippen molar-refractivity contribution in [2.75, 3.05) is 48.3 Å². The van der Waals surface area contributed by atoms with Crippen LogP contribution < -0.4 is 21.3 Å². The number of carbonyl (C=O) groups excluding carboxylic acids is 10. The SMILES string of the molecule is CC(C)C[C@@H]1NC(=O)[C@H](CC(C)C)N(C)C(=O)[C@@H](C(C)C)NC(=O)C[C@@H](C(=O)N2CCCCC2)NC(=O)[C@H](CC(C)C)N(C)C(=O)[C@H](Cc2ccccc2)N(C)C(=O)[C@H](C)N(C)C(=O)[C@H]([C@@H](C)O)NC(=O)[C@H](Cc2ccccc2)N(C)C1=O. The van der Waals surface area contributed by atoms with Gasteiger partial charge in [-0.25, -0.2) is 0 Å². The van der Waals surface area contributed by atoms with Crippen LogP contribution in [0.1, 0.15) is 125 Å². The highest BCUT2D eigenvalue weighted by Crippen LogP contribution is 2.23. The second kappa shape index (κ2) is 31.7. The lowest BCUT2D eigenvalue weighted by Crippen LogP contribution is -2.63. The number of carbonyl (C=O) groups is 10. The quantitative estimate of drug-likeness (QED) is 0.195. The normalized spacial score (nSPS) is 25.8. The minimum absolute atomic E-state index is 0.0187. The molecule has 0 saturated carbocycles. The van der Waals surface area contributed by atoms with E-state index in [1.54, 1.807) is 79.4 Å². The summed E-state index contributed by atoms with van der Waals surface area (Å²) in [6.45, 7) is 18.2. The molecule has 2 aromatic rings. The standard InChI is InChI=1S/C62H96N10O11/c1-37(2)31-45-58(79)68(12)49(34-43-25-19-16-20-26-43)56(77)66-53(42(10)73)62(83)67(11)41(9)57(78)71(15)50(35-44-27-21-17-22-28-44)60(81)69(13)47(32-38(3)4)54(75)64-46(59(80)72-29-23-18-24-30-72)36-51(74)65-52(40(7)8)61(82)70(14)48(33-39(5)6)55(76)63-45/h16-17,19-22,25-28,37-42,45-50,52-53,73H,18,23-24,29-36H2,1-15H3,(H,63,76)(H,64,75)(H,65,74)(H,66,77)/t41-,42+,45-,46-,47-,48-,49-,50-,52+,53-/m0/s1. The Morgan fingerprint density at radius 1 is 0.494 bits per heavy atom. The number of benzene rings is 2. The summed E-state index contributed by atoms with van der Waals surface area (Å²) >= 11 is 0. The maximum absolute atomic E-state index is 15.2. The Morgan fingerprint density at radius 3 is 1.41 bits per heavy atom. The van der Waals surface area contributed by atoms with Crippen molar-refractivity contribution in [2.24, 2.45) is 23.7 Å². The molecule has 5 N–H and O–H groups in total. The van der Waals surface area contributed by atoms with Crippen LogP contribution in [-0.2, 0) is 60.8 Å². The van der Waals surface area contributed by atoms with E-state index in [9.17, 15) is 48.3 Å². The van der Waals surface area contributed by atoms with Gasteiger partial charge in [-0.15, -0.1) is 0 Å². The number of rotatable bonds is 13. The van der Waals surface area contributed by atoms with Crippen LogP contribution in [0.4, 0.5) is 0 Å². The Kier molecular flexibility index (Phi) is 26.2. The van der Waals surface area contributed by atoms with Crippen LogP contribution in [0.15, 0.2) is 60.7 Å². The van der Waals surface area contributed by atoms with Gasteiger partial charge in [-0.2, -0.15) is 0 Å². The molecule has 2 fully saturated rings. The Labute approximate surface area is 492 Å². The smallest absolute Gasteiger partial charge is 0.248 e. The molecule has 2 heterocycles. The van der Waals surface area contributed by atoms with Crippen molar-refractivity contribution in [3.63, 3.8) is 0 Å². The maximum Gasteiger partial charge on any atom is 0.248 e. The summed E-state index contributed by atoms with van der Waals surface area (Å²) in [5.74, 6) is -7.97. The molecule has 21 heteroatoms. The second-order valence-corrected chi connectivity index (χ2v) is 24.5. The van der Waals surface area contributed by atoms with Gasteiger partial charge >= 0.3 is 0 Å².